The number of fused-ring (bicyclic) bond motifs is 3. The normalized spacial score (nSPS) is 13.5. The number of nitrogens with zero attached hydrogens (tertiary/aromatic N) is 1. The number of primary amides is 1. The lowest BCUT2D eigenvalue weighted by Gasteiger charge is -2.24. The highest BCUT2D eigenvalue weighted by atomic mass is 31.0. The zero-order chi connectivity index (χ0) is 44.0. The number of carbonyl (C=O) groups excluding carboxylic acids is 4. The third kappa shape index (κ3) is 12.4. The zero-order valence-electron chi connectivity index (χ0n) is 36.1. The lowest BCUT2D eigenvalue weighted by atomic mass is 9.97. The van der Waals surface area contributed by atoms with E-state index in [9.17, 15) is 19.2 Å². The Morgan fingerprint density at radius 1 is 0.841 bits per heavy atom. The third-order valence-electron chi connectivity index (χ3n) is 11.0. The molecule has 1 saturated heterocycles. The molecule has 0 radical (unpaired) electrons. The van der Waals surface area contributed by atoms with E-state index in [4.69, 9.17) is 30.4 Å². The smallest absolute Gasteiger partial charge is 0.407 e. The average Bonchev–Trinajstić information content (AvgIpc) is 3.87. The first-order chi connectivity index (χ1) is 30.1. The first-order valence-corrected chi connectivity index (χ1v) is 20.8. The Morgan fingerprint density at radius 3 is 2.08 bits per heavy atom. The van der Waals surface area contributed by atoms with Crippen LogP contribution in [0.3, 0.4) is 0 Å². The first-order valence-electron chi connectivity index (χ1n) is 20.8. The summed E-state index contributed by atoms with van der Waals surface area (Å²) in [6.07, 6.45) is 2.09. The highest BCUT2D eigenvalue weighted by Crippen LogP contribution is 2.44. The van der Waals surface area contributed by atoms with Crippen LogP contribution in [0.25, 0.3) is 11.1 Å². The number of alkyl carbamates (subject to hydrolysis) is 1. The number of rotatable bonds is 17. The van der Waals surface area contributed by atoms with Crippen molar-refractivity contribution in [1.29, 1.82) is 0 Å². The fourth-order valence-electron chi connectivity index (χ4n) is 7.78. The van der Waals surface area contributed by atoms with Gasteiger partial charge in [-0.05, 0) is 90.4 Å². The number of likely N-dealkylation sites (tertiary alicyclic amines) is 1. The molecule has 1 heterocycles. The van der Waals surface area contributed by atoms with Gasteiger partial charge in [-0.1, -0.05) is 90.5 Å². The van der Waals surface area contributed by atoms with E-state index in [0.717, 1.165) is 57.3 Å². The highest BCUT2D eigenvalue weighted by molar-refractivity contribution is 6.92. The number of hydrogen-bond donors (Lipinski definition) is 4. The summed E-state index contributed by atoms with van der Waals surface area (Å²) in [5.74, 6) is 1.01. The summed E-state index contributed by atoms with van der Waals surface area (Å²) in [6, 6.07) is 36.0. The summed E-state index contributed by atoms with van der Waals surface area (Å²) in [7, 11) is 3.16. The van der Waals surface area contributed by atoms with Crippen LogP contribution in [0.1, 0.15) is 71.0 Å². The molecule has 1 aliphatic carbocycles. The van der Waals surface area contributed by atoms with Gasteiger partial charge >= 0.3 is 6.09 Å². The van der Waals surface area contributed by atoms with Gasteiger partial charge in [0.05, 0.1) is 20.3 Å². The van der Waals surface area contributed by atoms with Crippen LogP contribution in [0.5, 0.6) is 17.2 Å². The molecule has 0 aromatic heterocycles. The zero-order valence-corrected chi connectivity index (χ0v) is 37.6. The van der Waals surface area contributed by atoms with E-state index in [0.29, 0.717) is 49.7 Å². The fraction of sp³-hybridized carbons (Fsp3) is 0.306. The molecule has 5 aromatic rings. The molecule has 7 rings (SSSR count). The minimum atomic E-state index is -0.617. The van der Waals surface area contributed by atoms with Crippen molar-refractivity contribution in [2.24, 2.45) is 11.5 Å². The lowest BCUT2D eigenvalue weighted by Crippen LogP contribution is -2.45. The van der Waals surface area contributed by atoms with Crippen molar-refractivity contribution in [2.45, 2.75) is 57.2 Å². The second-order valence-electron chi connectivity index (χ2n) is 15.2. The van der Waals surface area contributed by atoms with E-state index >= 15 is 0 Å². The quantitative estimate of drug-likeness (QED) is 0.0749. The molecule has 1 aliphatic heterocycles. The maximum absolute atomic E-state index is 13.5. The number of ether oxygens (including phenoxy) is 4. The van der Waals surface area contributed by atoms with Crippen molar-refractivity contribution in [1.82, 2.24) is 15.5 Å². The second kappa shape index (κ2) is 23.1. The molecule has 332 valence electrons. The van der Waals surface area contributed by atoms with Crippen LogP contribution in [0.15, 0.2) is 115 Å². The van der Waals surface area contributed by atoms with E-state index < -0.39 is 24.1 Å². The predicted molar refractivity (Wildman–Crippen MR) is 248 cm³/mol. The van der Waals surface area contributed by atoms with Crippen LogP contribution < -0.4 is 36.3 Å². The standard InChI is InChI=1S/C40H38N2O6.C9H17N3O2.H3P/c1-26-12-14-27(15-13-26)23-41-38(43)25-47-29-18-16-28(17-19-29)39(35-21-20-30(45-2)22-37(35)46-3)42-40(44)48-24-36-33-10-6-4-8-31(33)32-9-5-7-11-34(32)36;10-5-1-3-7(9(11)14)12-6-2-4-8(12)13;/h4-22,36,39H,23-25H2,1-3H3,(H,41,43)(H,42,44);7H,1-6,10H2,(H2,11,14);1H3/t;7-;/m.0./s1. The number of aryl methyl sites for hydroxylation is 1. The van der Waals surface area contributed by atoms with E-state index in [-0.39, 0.29) is 40.8 Å². The molecular formula is C49H58N5O8P. The molecule has 3 atom stereocenters. The summed E-state index contributed by atoms with van der Waals surface area (Å²) in [6.45, 7) is 3.68. The number of methoxy groups -OCH3 is 2. The Hall–Kier alpha value is -6.43. The molecule has 13 nitrogen and oxygen atoms in total. The number of carbonyl (C=O) groups is 4. The topological polar surface area (TPSA) is 185 Å². The number of nitrogens with one attached hydrogen (secondary N) is 2. The average molecular weight is 876 g/mol. The van der Waals surface area contributed by atoms with Gasteiger partial charge in [0.1, 0.15) is 29.9 Å². The van der Waals surface area contributed by atoms with Gasteiger partial charge in [-0.2, -0.15) is 9.90 Å². The fourth-order valence-corrected chi connectivity index (χ4v) is 7.78. The summed E-state index contributed by atoms with van der Waals surface area (Å²) in [5, 5.41) is 5.93. The number of amides is 4. The molecule has 6 N–H and O–H groups in total. The van der Waals surface area contributed by atoms with E-state index in [1.54, 1.807) is 37.3 Å². The number of hydrogen-bond acceptors (Lipinski definition) is 9. The maximum Gasteiger partial charge on any atom is 0.407 e. The second-order valence-corrected chi connectivity index (χ2v) is 15.2. The summed E-state index contributed by atoms with van der Waals surface area (Å²) in [4.78, 5) is 50.0. The van der Waals surface area contributed by atoms with Gasteiger partial charge in [-0.25, -0.2) is 4.79 Å². The Labute approximate surface area is 372 Å². The largest absolute Gasteiger partial charge is 0.497 e. The monoisotopic (exact) mass is 875 g/mol. The Kier molecular flexibility index (Phi) is 17.5. The Morgan fingerprint density at radius 2 is 1.49 bits per heavy atom. The minimum absolute atomic E-state index is 0. The Balaban J connectivity index is 0.000000426. The first kappa shape index (κ1) is 47.6. The minimum Gasteiger partial charge on any atom is -0.497 e. The predicted octanol–water partition coefficient (Wildman–Crippen LogP) is 6.60. The van der Waals surface area contributed by atoms with Crippen molar-refractivity contribution in [3.05, 3.63) is 149 Å². The third-order valence-corrected chi connectivity index (χ3v) is 11.0. The number of benzene rings is 5. The molecule has 2 unspecified atom stereocenters. The van der Waals surface area contributed by atoms with E-state index in [1.165, 1.54) is 0 Å². The van der Waals surface area contributed by atoms with Gasteiger partial charge < -0.3 is 45.9 Å². The molecule has 2 aliphatic rings. The molecule has 0 spiro atoms. The SMILES string of the molecule is COc1ccc(C(NC(=O)OCC2c3ccccc3-c3ccccc32)c2ccc(OCC(=O)NCc3ccc(C)cc3)cc2)c(OC)c1.NCCC[C@@H](C(N)=O)N1CCCC1=O.P. The van der Waals surface area contributed by atoms with Crippen molar-refractivity contribution in [3.8, 4) is 28.4 Å². The summed E-state index contributed by atoms with van der Waals surface area (Å²) in [5.41, 5.74) is 18.9. The van der Waals surface area contributed by atoms with Crippen molar-refractivity contribution >= 4 is 33.7 Å². The van der Waals surface area contributed by atoms with Gasteiger partial charge in [0.25, 0.3) is 5.91 Å². The molecule has 14 heteroatoms. The molecule has 0 bridgehead atoms. The lowest BCUT2D eigenvalue weighted by molar-refractivity contribution is -0.136. The molecule has 1 fully saturated rings. The van der Waals surface area contributed by atoms with Crippen LogP contribution in [0, 0.1) is 6.92 Å². The van der Waals surface area contributed by atoms with Gasteiger partial charge in [-0.15, -0.1) is 0 Å². The molecule has 5 aromatic carbocycles. The van der Waals surface area contributed by atoms with Crippen LogP contribution in [0.4, 0.5) is 4.79 Å². The maximum atomic E-state index is 13.5. The molecule has 0 saturated carbocycles. The highest BCUT2D eigenvalue weighted by Gasteiger charge is 2.32. The summed E-state index contributed by atoms with van der Waals surface area (Å²) >= 11 is 0. The van der Waals surface area contributed by atoms with Crippen LogP contribution in [-0.4, -0.2) is 75.3 Å². The Bertz CT molecular complexity index is 2280. The van der Waals surface area contributed by atoms with Crippen molar-refractivity contribution < 1.29 is 38.1 Å². The summed E-state index contributed by atoms with van der Waals surface area (Å²) < 4.78 is 22.8. The molecule has 63 heavy (non-hydrogen) atoms. The van der Waals surface area contributed by atoms with E-state index in [2.05, 4.69) is 34.9 Å². The molecule has 4 amide bonds. The molecular weight excluding hydrogens is 818 g/mol. The van der Waals surface area contributed by atoms with Crippen LogP contribution >= 0.6 is 9.90 Å². The van der Waals surface area contributed by atoms with Gasteiger partial charge in [-0.3, -0.25) is 14.4 Å². The van der Waals surface area contributed by atoms with Gasteiger partial charge in [0.15, 0.2) is 6.61 Å². The van der Waals surface area contributed by atoms with Gasteiger partial charge in [0.2, 0.25) is 11.8 Å². The van der Waals surface area contributed by atoms with Crippen molar-refractivity contribution in [3.63, 3.8) is 0 Å². The van der Waals surface area contributed by atoms with Gasteiger partial charge in [0, 0.05) is 37.1 Å². The van der Waals surface area contributed by atoms with Crippen LogP contribution in [0.2, 0.25) is 0 Å². The van der Waals surface area contributed by atoms with E-state index in [1.807, 2.05) is 79.7 Å². The van der Waals surface area contributed by atoms with Crippen LogP contribution in [-0.2, 0) is 25.7 Å². The van der Waals surface area contributed by atoms with Crippen molar-refractivity contribution in [2.75, 3.05) is 40.5 Å². The number of nitrogens with two attached hydrogens (primary N) is 2.